The largest absolute Gasteiger partial charge is 0.383 e. The second-order valence-electron chi connectivity index (χ2n) is 3.12. The van der Waals surface area contributed by atoms with E-state index in [1.807, 2.05) is 0 Å². The van der Waals surface area contributed by atoms with E-state index in [0.717, 1.165) is 12.8 Å². The predicted molar refractivity (Wildman–Crippen MR) is 48.6 cm³/mol. The molecule has 0 aliphatic carbocycles. The van der Waals surface area contributed by atoms with Crippen molar-refractivity contribution in [2.75, 3.05) is 0 Å². The summed E-state index contributed by atoms with van der Waals surface area (Å²) in [6, 6.07) is 0. The molecule has 0 heterocycles. The third-order valence-electron chi connectivity index (χ3n) is 1.91. The van der Waals surface area contributed by atoms with Crippen LogP contribution in [0.25, 0.3) is 0 Å². The van der Waals surface area contributed by atoms with E-state index in [0.29, 0.717) is 6.42 Å². The maximum absolute atomic E-state index is 10.4. The number of rotatable bonds is 7. The molecule has 0 radical (unpaired) electrons. The van der Waals surface area contributed by atoms with Gasteiger partial charge < -0.3 is 10.8 Å². The van der Waals surface area contributed by atoms with Gasteiger partial charge in [0, 0.05) is 0 Å². The minimum absolute atomic E-state index is 0.513. The Labute approximate surface area is 74.0 Å². The summed E-state index contributed by atoms with van der Waals surface area (Å²) in [6.07, 6.45) is 5.17. The van der Waals surface area contributed by atoms with Crippen LogP contribution in [0.2, 0.25) is 0 Å². The lowest BCUT2D eigenvalue weighted by molar-refractivity contribution is -0.126. The smallest absolute Gasteiger partial charge is 0.246 e. The van der Waals surface area contributed by atoms with E-state index >= 15 is 0 Å². The zero-order valence-corrected chi connectivity index (χ0v) is 7.75. The molecule has 3 heteroatoms. The lowest BCUT2D eigenvalue weighted by Gasteiger charge is -2.04. The van der Waals surface area contributed by atoms with Crippen LogP contribution in [0.3, 0.4) is 0 Å². The molecule has 0 aliphatic heterocycles. The van der Waals surface area contributed by atoms with E-state index in [1.165, 1.54) is 19.3 Å². The molecule has 0 aromatic rings. The van der Waals surface area contributed by atoms with Gasteiger partial charge in [0.05, 0.1) is 0 Å². The Hall–Kier alpha value is -0.570. The molecule has 72 valence electrons. The fourth-order valence-electron chi connectivity index (χ4n) is 1.08. The van der Waals surface area contributed by atoms with Gasteiger partial charge in [-0.2, -0.15) is 0 Å². The van der Waals surface area contributed by atoms with Crippen LogP contribution in [0.15, 0.2) is 0 Å². The van der Waals surface area contributed by atoms with E-state index in [1.54, 1.807) is 0 Å². The third-order valence-corrected chi connectivity index (χ3v) is 1.91. The number of carbonyl (C=O) groups excluding carboxylic acids is 1. The maximum atomic E-state index is 10.4. The van der Waals surface area contributed by atoms with E-state index in [4.69, 9.17) is 10.8 Å². The molecule has 0 aromatic heterocycles. The summed E-state index contributed by atoms with van der Waals surface area (Å²) in [5.74, 6) is -0.606. The van der Waals surface area contributed by atoms with Crippen LogP contribution in [-0.2, 0) is 4.79 Å². The molecule has 3 nitrogen and oxygen atoms in total. The average Bonchev–Trinajstić information content (AvgIpc) is 2.03. The summed E-state index contributed by atoms with van der Waals surface area (Å²) in [6.45, 7) is 2.15. The van der Waals surface area contributed by atoms with Crippen molar-refractivity contribution in [1.82, 2.24) is 0 Å². The van der Waals surface area contributed by atoms with Gasteiger partial charge in [0.15, 0.2) is 0 Å². The normalized spacial score (nSPS) is 12.8. The Morgan fingerprint density at radius 2 is 1.92 bits per heavy atom. The average molecular weight is 173 g/mol. The Kier molecular flexibility index (Phi) is 6.76. The molecule has 0 bridgehead atoms. The van der Waals surface area contributed by atoms with Crippen LogP contribution in [0.4, 0.5) is 0 Å². The summed E-state index contributed by atoms with van der Waals surface area (Å²) in [7, 11) is 0. The second-order valence-corrected chi connectivity index (χ2v) is 3.12. The van der Waals surface area contributed by atoms with Gasteiger partial charge in [-0.1, -0.05) is 39.0 Å². The monoisotopic (exact) mass is 173 g/mol. The van der Waals surface area contributed by atoms with Gasteiger partial charge in [0.2, 0.25) is 5.91 Å². The zero-order chi connectivity index (χ0) is 9.40. The molecule has 3 N–H and O–H groups in total. The summed E-state index contributed by atoms with van der Waals surface area (Å²) in [5.41, 5.74) is 4.89. The second kappa shape index (κ2) is 7.10. The molecule has 0 rings (SSSR count). The predicted octanol–water partition coefficient (Wildman–Crippen LogP) is 1.19. The van der Waals surface area contributed by atoms with Crippen LogP contribution in [0.5, 0.6) is 0 Å². The molecule has 0 saturated carbocycles. The van der Waals surface area contributed by atoms with Crippen LogP contribution in [0.1, 0.15) is 45.4 Å². The first-order chi connectivity index (χ1) is 5.68. The first-order valence-electron chi connectivity index (χ1n) is 4.66. The zero-order valence-electron chi connectivity index (χ0n) is 7.75. The summed E-state index contributed by atoms with van der Waals surface area (Å²) in [5, 5.41) is 9.01. The van der Waals surface area contributed by atoms with Crippen molar-refractivity contribution < 1.29 is 9.90 Å². The Morgan fingerprint density at radius 3 is 2.42 bits per heavy atom. The van der Waals surface area contributed by atoms with Gasteiger partial charge >= 0.3 is 0 Å². The number of primary amides is 1. The van der Waals surface area contributed by atoms with Gasteiger partial charge in [-0.15, -0.1) is 0 Å². The minimum Gasteiger partial charge on any atom is -0.383 e. The first kappa shape index (κ1) is 11.4. The molecule has 0 spiro atoms. The minimum atomic E-state index is -0.938. The van der Waals surface area contributed by atoms with Crippen LogP contribution in [0, 0.1) is 0 Å². The highest BCUT2D eigenvalue weighted by Gasteiger charge is 2.08. The Balaban J connectivity index is 3.14. The fourth-order valence-corrected chi connectivity index (χ4v) is 1.08. The molecule has 1 unspecified atom stereocenters. The van der Waals surface area contributed by atoms with E-state index < -0.39 is 12.0 Å². The molecule has 12 heavy (non-hydrogen) atoms. The number of hydrogen-bond acceptors (Lipinski definition) is 2. The van der Waals surface area contributed by atoms with Crippen molar-refractivity contribution in [3.05, 3.63) is 0 Å². The van der Waals surface area contributed by atoms with Gasteiger partial charge in [0.1, 0.15) is 6.10 Å². The van der Waals surface area contributed by atoms with Gasteiger partial charge in [-0.05, 0) is 6.42 Å². The maximum Gasteiger partial charge on any atom is 0.246 e. The molecule has 0 saturated heterocycles. The molecule has 0 aromatic carbocycles. The molecule has 0 aliphatic rings. The highest BCUT2D eigenvalue weighted by Crippen LogP contribution is 2.06. The number of hydrogen-bond donors (Lipinski definition) is 2. The van der Waals surface area contributed by atoms with Crippen molar-refractivity contribution in [3.63, 3.8) is 0 Å². The summed E-state index contributed by atoms with van der Waals surface area (Å²) >= 11 is 0. The number of nitrogens with two attached hydrogens (primary N) is 1. The fraction of sp³-hybridized carbons (Fsp3) is 0.889. The molecule has 0 fully saturated rings. The summed E-state index contributed by atoms with van der Waals surface area (Å²) < 4.78 is 0. The number of amides is 1. The van der Waals surface area contributed by atoms with Gasteiger partial charge in [-0.25, -0.2) is 0 Å². The van der Waals surface area contributed by atoms with Crippen molar-refractivity contribution in [1.29, 1.82) is 0 Å². The van der Waals surface area contributed by atoms with Crippen molar-refractivity contribution >= 4 is 5.91 Å². The van der Waals surface area contributed by atoms with Crippen molar-refractivity contribution in [3.8, 4) is 0 Å². The Morgan fingerprint density at radius 1 is 1.33 bits per heavy atom. The van der Waals surface area contributed by atoms with Gasteiger partial charge in [-0.3, -0.25) is 4.79 Å². The molecule has 1 atom stereocenters. The molecular formula is C9H19NO2. The van der Waals surface area contributed by atoms with Crippen LogP contribution in [-0.4, -0.2) is 17.1 Å². The number of aliphatic hydroxyl groups excluding tert-OH is 1. The van der Waals surface area contributed by atoms with Crippen molar-refractivity contribution in [2.45, 2.75) is 51.6 Å². The number of unbranched alkanes of at least 4 members (excludes halogenated alkanes) is 4. The quantitative estimate of drug-likeness (QED) is 0.568. The van der Waals surface area contributed by atoms with Crippen LogP contribution < -0.4 is 5.73 Å². The number of carbonyl (C=O) groups is 1. The molecule has 1 amide bonds. The third kappa shape index (κ3) is 6.16. The van der Waals surface area contributed by atoms with E-state index in [9.17, 15) is 4.79 Å². The number of aliphatic hydroxyl groups is 1. The lowest BCUT2D eigenvalue weighted by Crippen LogP contribution is -2.27. The standard InChI is InChI=1S/C9H19NO2/c1-2-3-4-5-6-7-8(11)9(10)12/h8,11H,2-7H2,1H3,(H2,10,12). The highest BCUT2D eigenvalue weighted by atomic mass is 16.3. The Bertz CT molecular complexity index is 126. The lowest BCUT2D eigenvalue weighted by atomic mass is 10.1. The topological polar surface area (TPSA) is 63.3 Å². The van der Waals surface area contributed by atoms with Crippen molar-refractivity contribution in [2.24, 2.45) is 5.73 Å². The van der Waals surface area contributed by atoms with E-state index in [2.05, 4.69) is 6.92 Å². The SMILES string of the molecule is CCCCCCCC(O)C(N)=O. The van der Waals surface area contributed by atoms with Gasteiger partial charge in [0.25, 0.3) is 0 Å². The highest BCUT2D eigenvalue weighted by molar-refractivity contribution is 5.78. The first-order valence-corrected chi connectivity index (χ1v) is 4.66. The van der Waals surface area contributed by atoms with Crippen LogP contribution >= 0.6 is 0 Å². The summed E-state index contributed by atoms with van der Waals surface area (Å²) in [4.78, 5) is 10.4. The van der Waals surface area contributed by atoms with E-state index in [-0.39, 0.29) is 0 Å². The molecular weight excluding hydrogens is 154 g/mol.